The van der Waals surface area contributed by atoms with Gasteiger partial charge in [0, 0.05) is 6.54 Å². The molecule has 1 amide bonds. The van der Waals surface area contributed by atoms with Gasteiger partial charge in [-0.15, -0.1) is 5.10 Å². The van der Waals surface area contributed by atoms with E-state index >= 15 is 0 Å². The van der Waals surface area contributed by atoms with Crippen LogP contribution in [0.5, 0.6) is 0 Å². The molecule has 1 aromatic carbocycles. The number of amides is 1. The zero-order valence-corrected chi connectivity index (χ0v) is 12.2. The van der Waals surface area contributed by atoms with Crippen LogP contribution in [0.2, 0.25) is 0 Å². The van der Waals surface area contributed by atoms with E-state index in [9.17, 15) is 4.79 Å². The van der Waals surface area contributed by atoms with Crippen LogP contribution < -0.4 is 11.1 Å². The highest BCUT2D eigenvalue weighted by Crippen LogP contribution is 2.19. The second-order valence-electron chi connectivity index (χ2n) is 4.47. The quantitative estimate of drug-likeness (QED) is 0.725. The number of carbonyl (C=O) groups excluding carboxylic acids is 1. The van der Waals surface area contributed by atoms with Gasteiger partial charge in [-0.2, -0.15) is 4.98 Å². The van der Waals surface area contributed by atoms with Crippen molar-refractivity contribution in [3.8, 4) is 0 Å². The molecule has 0 aliphatic heterocycles. The van der Waals surface area contributed by atoms with Gasteiger partial charge in [-0.05, 0) is 19.4 Å². The lowest BCUT2D eigenvalue weighted by Gasteiger charge is -2.10. The van der Waals surface area contributed by atoms with Gasteiger partial charge < -0.3 is 11.1 Å². The molecule has 0 saturated carbocycles. The Bertz CT molecular complexity index is 581. The fraction of sp³-hybridized carbons (Fsp3) is 0.308. The number of hydrogen-bond acceptors (Lipinski definition) is 5. The van der Waals surface area contributed by atoms with Crippen LogP contribution in [0.4, 0.5) is 5.95 Å². The van der Waals surface area contributed by atoms with Crippen molar-refractivity contribution in [3.63, 3.8) is 0 Å². The van der Waals surface area contributed by atoms with Crippen molar-refractivity contribution in [1.82, 2.24) is 20.5 Å². The lowest BCUT2D eigenvalue weighted by molar-refractivity contribution is -0.120. The van der Waals surface area contributed by atoms with Crippen LogP contribution in [0.3, 0.4) is 0 Å². The van der Waals surface area contributed by atoms with Gasteiger partial charge >= 0.3 is 0 Å². The molecule has 0 spiro atoms. The van der Waals surface area contributed by atoms with Crippen molar-refractivity contribution in [1.29, 1.82) is 0 Å². The van der Waals surface area contributed by atoms with E-state index in [1.807, 2.05) is 38.1 Å². The number of nitrogens with zero attached hydrogens (tertiary/aromatic N) is 2. The molecule has 1 heterocycles. The van der Waals surface area contributed by atoms with E-state index in [4.69, 9.17) is 5.73 Å². The first-order valence-electron chi connectivity index (χ1n) is 6.22. The number of hydrogen-bond donors (Lipinski definition) is 3. The fourth-order valence-electron chi connectivity index (χ4n) is 1.56. The SMILES string of the molecule is Cc1ccc(CNC(=O)[C@H](C)Sc2n[nH]c(N)n2)cc1. The third-order valence-corrected chi connectivity index (χ3v) is 3.68. The molecule has 0 aliphatic carbocycles. The average Bonchev–Trinajstić information content (AvgIpc) is 2.83. The molecule has 1 atom stereocenters. The number of nitrogen functional groups attached to an aromatic ring is 1. The minimum atomic E-state index is -0.282. The Kier molecular flexibility index (Phi) is 4.62. The van der Waals surface area contributed by atoms with Gasteiger partial charge in [-0.1, -0.05) is 41.6 Å². The largest absolute Gasteiger partial charge is 0.368 e. The number of aromatic amines is 1. The van der Waals surface area contributed by atoms with Gasteiger partial charge in [0.25, 0.3) is 0 Å². The average molecular weight is 291 g/mol. The van der Waals surface area contributed by atoms with Gasteiger partial charge in [0.05, 0.1) is 5.25 Å². The van der Waals surface area contributed by atoms with Crippen LogP contribution in [-0.4, -0.2) is 26.3 Å². The van der Waals surface area contributed by atoms with Gasteiger partial charge in [0.15, 0.2) is 0 Å². The molecule has 2 aromatic rings. The number of nitrogens with two attached hydrogens (primary N) is 1. The zero-order chi connectivity index (χ0) is 14.5. The summed E-state index contributed by atoms with van der Waals surface area (Å²) in [5, 5.41) is 9.51. The van der Waals surface area contributed by atoms with E-state index in [1.54, 1.807) is 0 Å². The highest BCUT2D eigenvalue weighted by molar-refractivity contribution is 8.00. The summed E-state index contributed by atoms with van der Waals surface area (Å²) in [5.74, 6) is 0.193. The molecule has 0 radical (unpaired) electrons. The predicted octanol–water partition coefficient (Wildman–Crippen LogP) is 1.49. The lowest BCUT2D eigenvalue weighted by atomic mass is 10.1. The monoisotopic (exact) mass is 291 g/mol. The maximum atomic E-state index is 12.0. The lowest BCUT2D eigenvalue weighted by Crippen LogP contribution is -2.30. The molecule has 4 N–H and O–H groups in total. The number of thioether (sulfide) groups is 1. The third kappa shape index (κ3) is 3.99. The summed E-state index contributed by atoms with van der Waals surface area (Å²) in [5.41, 5.74) is 7.71. The Morgan fingerprint density at radius 1 is 1.45 bits per heavy atom. The van der Waals surface area contributed by atoms with Crippen LogP contribution in [0.25, 0.3) is 0 Å². The van der Waals surface area contributed by atoms with Crippen molar-refractivity contribution in [2.75, 3.05) is 5.73 Å². The molecular weight excluding hydrogens is 274 g/mol. The van der Waals surface area contributed by atoms with Crippen molar-refractivity contribution < 1.29 is 4.79 Å². The number of H-pyrrole nitrogens is 1. The van der Waals surface area contributed by atoms with E-state index in [-0.39, 0.29) is 17.1 Å². The Hall–Kier alpha value is -2.02. The standard InChI is InChI=1S/C13H17N5OS/c1-8-3-5-10(6-4-8)7-15-11(19)9(2)20-13-16-12(14)17-18-13/h3-6,9H,7H2,1-2H3,(H,15,19)(H3,14,16,17,18)/t9-/m0/s1. The maximum absolute atomic E-state index is 12.0. The van der Waals surface area contributed by atoms with Crippen LogP contribution >= 0.6 is 11.8 Å². The first-order valence-corrected chi connectivity index (χ1v) is 7.10. The molecule has 7 heteroatoms. The predicted molar refractivity (Wildman–Crippen MR) is 79.1 cm³/mol. The fourth-order valence-corrected chi connectivity index (χ4v) is 2.32. The molecule has 0 bridgehead atoms. The Labute approximate surface area is 121 Å². The topological polar surface area (TPSA) is 96.7 Å². The van der Waals surface area contributed by atoms with Crippen molar-refractivity contribution in [2.24, 2.45) is 0 Å². The number of anilines is 1. The van der Waals surface area contributed by atoms with Gasteiger partial charge in [0.1, 0.15) is 0 Å². The van der Waals surface area contributed by atoms with Gasteiger partial charge in [-0.25, -0.2) is 5.10 Å². The highest BCUT2D eigenvalue weighted by Gasteiger charge is 2.16. The van der Waals surface area contributed by atoms with Crippen LogP contribution in [0.1, 0.15) is 18.1 Å². The first-order chi connectivity index (χ1) is 9.54. The zero-order valence-electron chi connectivity index (χ0n) is 11.4. The minimum absolute atomic E-state index is 0.0565. The Morgan fingerprint density at radius 3 is 2.75 bits per heavy atom. The second-order valence-corrected chi connectivity index (χ2v) is 5.77. The molecule has 106 valence electrons. The molecular formula is C13H17N5OS. The minimum Gasteiger partial charge on any atom is -0.368 e. The molecule has 2 rings (SSSR count). The van der Waals surface area contributed by atoms with Gasteiger partial charge in [-0.3, -0.25) is 4.79 Å². The van der Waals surface area contributed by atoms with Crippen LogP contribution in [0, 0.1) is 6.92 Å². The van der Waals surface area contributed by atoms with E-state index < -0.39 is 0 Å². The molecule has 20 heavy (non-hydrogen) atoms. The number of aromatic nitrogens is 3. The molecule has 6 nitrogen and oxygen atoms in total. The Morgan fingerprint density at radius 2 is 2.15 bits per heavy atom. The number of carbonyl (C=O) groups is 1. The summed E-state index contributed by atoms with van der Waals surface area (Å²) < 4.78 is 0. The highest BCUT2D eigenvalue weighted by atomic mass is 32.2. The number of rotatable bonds is 5. The molecule has 0 aliphatic rings. The molecule has 0 unspecified atom stereocenters. The van der Waals surface area contributed by atoms with Crippen molar-refractivity contribution in [3.05, 3.63) is 35.4 Å². The summed E-state index contributed by atoms with van der Waals surface area (Å²) in [6, 6.07) is 8.05. The summed E-state index contributed by atoms with van der Waals surface area (Å²) in [4.78, 5) is 15.9. The van der Waals surface area contributed by atoms with Gasteiger partial charge in [0.2, 0.25) is 17.0 Å². The number of nitrogens with one attached hydrogen (secondary N) is 2. The normalized spacial score (nSPS) is 12.1. The first kappa shape index (κ1) is 14.4. The maximum Gasteiger partial charge on any atom is 0.233 e. The second kappa shape index (κ2) is 6.42. The van der Waals surface area contributed by atoms with E-state index in [0.29, 0.717) is 11.7 Å². The van der Waals surface area contributed by atoms with E-state index in [1.165, 1.54) is 17.3 Å². The van der Waals surface area contributed by atoms with Crippen LogP contribution in [-0.2, 0) is 11.3 Å². The molecule has 0 fully saturated rings. The van der Waals surface area contributed by atoms with E-state index in [2.05, 4.69) is 20.5 Å². The summed E-state index contributed by atoms with van der Waals surface area (Å²) >= 11 is 1.26. The summed E-state index contributed by atoms with van der Waals surface area (Å²) in [6.07, 6.45) is 0. The third-order valence-electron chi connectivity index (χ3n) is 2.72. The summed E-state index contributed by atoms with van der Waals surface area (Å²) in [7, 11) is 0. The van der Waals surface area contributed by atoms with E-state index in [0.717, 1.165) is 5.56 Å². The number of benzene rings is 1. The molecule has 1 aromatic heterocycles. The Balaban J connectivity index is 1.83. The summed E-state index contributed by atoms with van der Waals surface area (Å²) in [6.45, 7) is 4.35. The number of aryl methyl sites for hydroxylation is 1. The smallest absolute Gasteiger partial charge is 0.233 e. The molecule has 0 saturated heterocycles. The van der Waals surface area contributed by atoms with Crippen molar-refractivity contribution >= 4 is 23.6 Å². The van der Waals surface area contributed by atoms with Crippen LogP contribution in [0.15, 0.2) is 29.4 Å². The van der Waals surface area contributed by atoms with Crippen molar-refractivity contribution in [2.45, 2.75) is 30.8 Å².